The molecule has 2 aromatic rings. The highest BCUT2D eigenvalue weighted by Gasteiger charge is 2.19. The molecule has 1 unspecified atom stereocenters. The predicted octanol–water partition coefficient (Wildman–Crippen LogP) is 2.91. The quantitative estimate of drug-likeness (QED) is 0.941. The van der Waals surface area contributed by atoms with E-state index in [1.807, 2.05) is 18.5 Å². The van der Waals surface area contributed by atoms with Crippen molar-refractivity contribution in [2.45, 2.75) is 65.1 Å². The van der Waals surface area contributed by atoms with E-state index in [9.17, 15) is 5.11 Å². The molecule has 0 amide bonds. The summed E-state index contributed by atoms with van der Waals surface area (Å²) >= 11 is 0. The molecule has 0 bridgehead atoms. The van der Waals surface area contributed by atoms with Gasteiger partial charge in [0.2, 0.25) is 0 Å². The summed E-state index contributed by atoms with van der Waals surface area (Å²) < 4.78 is 4.06. The Morgan fingerprint density at radius 1 is 1.29 bits per heavy atom. The number of aliphatic hydroxyl groups is 1. The van der Waals surface area contributed by atoms with E-state index in [-0.39, 0.29) is 0 Å². The van der Waals surface area contributed by atoms with Gasteiger partial charge in [0.25, 0.3) is 0 Å². The fraction of sp³-hybridized carbons (Fsp3) is 0.625. The third kappa shape index (κ3) is 2.75. The molecule has 5 heteroatoms. The molecule has 0 spiro atoms. The lowest BCUT2D eigenvalue weighted by atomic mass is 10.1. The van der Waals surface area contributed by atoms with Crippen LogP contribution < -0.4 is 0 Å². The zero-order chi connectivity index (χ0) is 15.0. The minimum atomic E-state index is -0.477. The van der Waals surface area contributed by atoms with Crippen LogP contribution >= 0.6 is 0 Å². The number of aromatic nitrogens is 4. The molecule has 3 rings (SSSR count). The van der Waals surface area contributed by atoms with Crippen molar-refractivity contribution in [1.29, 1.82) is 0 Å². The number of hydrogen-bond donors (Lipinski definition) is 1. The van der Waals surface area contributed by atoms with Crippen molar-refractivity contribution < 1.29 is 5.11 Å². The lowest BCUT2D eigenvalue weighted by molar-refractivity contribution is 0.197. The highest BCUT2D eigenvalue weighted by Crippen LogP contribution is 2.29. The van der Waals surface area contributed by atoms with Gasteiger partial charge in [-0.3, -0.25) is 9.36 Å². The summed E-state index contributed by atoms with van der Waals surface area (Å²) in [4.78, 5) is 0. The molecule has 1 saturated carbocycles. The second-order valence-electron chi connectivity index (χ2n) is 6.14. The summed E-state index contributed by atoms with van der Waals surface area (Å²) in [6.45, 7) is 6.41. The van der Waals surface area contributed by atoms with Gasteiger partial charge in [0, 0.05) is 17.5 Å². The van der Waals surface area contributed by atoms with Crippen molar-refractivity contribution >= 4 is 0 Å². The minimum Gasteiger partial charge on any atom is -0.389 e. The van der Waals surface area contributed by atoms with E-state index in [1.54, 1.807) is 6.92 Å². The zero-order valence-corrected chi connectivity index (χ0v) is 13.1. The van der Waals surface area contributed by atoms with Gasteiger partial charge >= 0.3 is 0 Å². The first-order chi connectivity index (χ1) is 10.1. The summed E-state index contributed by atoms with van der Waals surface area (Å²) in [7, 11) is 0. The molecule has 2 aromatic heterocycles. The molecule has 114 valence electrons. The molecule has 1 fully saturated rings. The predicted molar refractivity (Wildman–Crippen MR) is 81.2 cm³/mol. The number of aliphatic hydroxyl groups excluding tert-OH is 1. The Hall–Kier alpha value is -1.62. The second-order valence-corrected chi connectivity index (χ2v) is 6.14. The van der Waals surface area contributed by atoms with E-state index in [2.05, 4.69) is 22.0 Å². The van der Waals surface area contributed by atoms with Crippen LogP contribution in [0, 0.1) is 13.8 Å². The van der Waals surface area contributed by atoms with Gasteiger partial charge in [0.15, 0.2) is 0 Å². The van der Waals surface area contributed by atoms with Gasteiger partial charge in [0.05, 0.1) is 30.1 Å². The first-order valence-electron chi connectivity index (χ1n) is 7.82. The molecule has 0 aromatic carbocycles. The third-order valence-corrected chi connectivity index (χ3v) is 4.53. The van der Waals surface area contributed by atoms with Crippen molar-refractivity contribution in [3.05, 3.63) is 34.9 Å². The van der Waals surface area contributed by atoms with Crippen LogP contribution in [0.5, 0.6) is 0 Å². The molecule has 0 saturated heterocycles. The standard InChI is InChI=1S/C16H24N4O/c1-11-16(13(3)21)12(2)20(17-11)10-14-8-9-19(18-14)15-6-4-5-7-15/h8-9,13,15,21H,4-7,10H2,1-3H3. The van der Waals surface area contributed by atoms with Crippen LogP contribution in [-0.4, -0.2) is 24.7 Å². The minimum absolute atomic E-state index is 0.477. The molecule has 1 aliphatic carbocycles. The van der Waals surface area contributed by atoms with Crippen LogP contribution in [0.15, 0.2) is 12.3 Å². The van der Waals surface area contributed by atoms with Crippen LogP contribution in [0.25, 0.3) is 0 Å². The topological polar surface area (TPSA) is 55.9 Å². The van der Waals surface area contributed by atoms with E-state index in [0.717, 1.165) is 22.6 Å². The number of nitrogens with zero attached hydrogens (tertiary/aromatic N) is 4. The van der Waals surface area contributed by atoms with Gasteiger partial charge in [0.1, 0.15) is 0 Å². The average molecular weight is 288 g/mol. The first kappa shape index (κ1) is 14.3. The first-order valence-corrected chi connectivity index (χ1v) is 7.82. The van der Waals surface area contributed by atoms with Crippen LogP contribution in [0.3, 0.4) is 0 Å². The number of aryl methyl sites for hydroxylation is 1. The van der Waals surface area contributed by atoms with Crippen LogP contribution in [-0.2, 0) is 6.54 Å². The molecule has 1 aliphatic rings. The van der Waals surface area contributed by atoms with E-state index in [1.165, 1.54) is 25.7 Å². The normalized spacial score (nSPS) is 17.5. The Morgan fingerprint density at radius 2 is 2.00 bits per heavy atom. The monoisotopic (exact) mass is 288 g/mol. The summed E-state index contributed by atoms with van der Waals surface area (Å²) in [5.74, 6) is 0. The largest absolute Gasteiger partial charge is 0.389 e. The van der Waals surface area contributed by atoms with Gasteiger partial charge in [-0.2, -0.15) is 10.2 Å². The van der Waals surface area contributed by atoms with E-state index >= 15 is 0 Å². The molecule has 2 heterocycles. The fourth-order valence-electron chi connectivity index (χ4n) is 3.46. The van der Waals surface area contributed by atoms with Crippen molar-refractivity contribution in [2.75, 3.05) is 0 Å². The maximum Gasteiger partial charge on any atom is 0.0853 e. The Balaban J connectivity index is 1.79. The molecule has 21 heavy (non-hydrogen) atoms. The van der Waals surface area contributed by atoms with Gasteiger partial charge in [-0.05, 0) is 39.7 Å². The fourth-order valence-corrected chi connectivity index (χ4v) is 3.46. The van der Waals surface area contributed by atoms with Crippen LogP contribution in [0.4, 0.5) is 0 Å². The summed E-state index contributed by atoms with van der Waals surface area (Å²) in [5.41, 5.74) is 3.89. The maximum atomic E-state index is 9.84. The number of rotatable bonds is 4. The highest BCUT2D eigenvalue weighted by atomic mass is 16.3. The van der Waals surface area contributed by atoms with E-state index < -0.39 is 6.10 Å². The molecule has 0 aliphatic heterocycles. The Morgan fingerprint density at radius 3 is 2.62 bits per heavy atom. The Kier molecular flexibility index (Phi) is 3.85. The van der Waals surface area contributed by atoms with E-state index in [4.69, 9.17) is 5.10 Å². The Bertz CT molecular complexity index is 620. The molecule has 5 nitrogen and oxygen atoms in total. The molecule has 0 radical (unpaired) electrons. The summed E-state index contributed by atoms with van der Waals surface area (Å²) in [6, 6.07) is 2.66. The smallest absolute Gasteiger partial charge is 0.0853 e. The SMILES string of the molecule is Cc1nn(Cc2ccn(C3CCCC3)n2)c(C)c1C(C)O. The molecular weight excluding hydrogens is 264 g/mol. The van der Waals surface area contributed by atoms with Crippen LogP contribution in [0.2, 0.25) is 0 Å². The van der Waals surface area contributed by atoms with Gasteiger partial charge in [-0.25, -0.2) is 0 Å². The van der Waals surface area contributed by atoms with Gasteiger partial charge in [-0.1, -0.05) is 12.8 Å². The lowest BCUT2D eigenvalue weighted by Crippen LogP contribution is -2.09. The highest BCUT2D eigenvalue weighted by molar-refractivity contribution is 5.27. The molecular formula is C16H24N4O. The van der Waals surface area contributed by atoms with Gasteiger partial charge in [-0.15, -0.1) is 0 Å². The van der Waals surface area contributed by atoms with Crippen molar-refractivity contribution in [3.8, 4) is 0 Å². The van der Waals surface area contributed by atoms with Crippen molar-refractivity contribution in [2.24, 2.45) is 0 Å². The zero-order valence-electron chi connectivity index (χ0n) is 13.1. The summed E-state index contributed by atoms with van der Waals surface area (Å²) in [6.07, 6.45) is 6.73. The third-order valence-electron chi connectivity index (χ3n) is 4.53. The van der Waals surface area contributed by atoms with Crippen LogP contribution in [0.1, 0.15) is 67.4 Å². The lowest BCUT2D eigenvalue weighted by Gasteiger charge is -2.09. The van der Waals surface area contributed by atoms with Crippen molar-refractivity contribution in [1.82, 2.24) is 19.6 Å². The maximum absolute atomic E-state index is 9.84. The number of hydrogen-bond acceptors (Lipinski definition) is 3. The van der Waals surface area contributed by atoms with Crippen molar-refractivity contribution in [3.63, 3.8) is 0 Å². The molecule has 1 atom stereocenters. The molecule has 1 N–H and O–H groups in total. The van der Waals surface area contributed by atoms with Gasteiger partial charge < -0.3 is 5.11 Å². The summed E-state index contributed by atoms with van der Waals surface area (Å²) in [5, 5.41) is 19.1. The average Bonchev–Trinajstić information content (AvgIpc) is 3.11. The second kappa shape index (κ2) is 5.64. The Labute approximate surface area is 125 Å². The van der Waals surface area contributed by atoms with E-state index in [0.29, 0.717) is 12.6 Å².